The van der Waals surface area contributed by atoms with Crippen molar-refractivity contribution in [3.05, 3.63) is 24.4 Å². The fraction of sp³-hybridized carbons (Fsp3) is 0.400. The van der Waals surface area contributed by atoms with Gasteiger partial charge >= 0.3 is 0 Å². The topological polar surface area (TPSA) is 42.4 Å². The molecule has 0 saturated carbocycles. The molecule has 1 aromatic heterocycles. The molecule has 0 aliphatic rings. The fourth-order valence-electron chi connectivity index (χ4n) is 0.901. The number of pyridine rings is 1. The Morgan fingerprint density at radius 1 is 1.43 bits per heavy atom. The van der Waals surface area contributed by atoms with E-state index in [1.54, 1.807) is 24.4 Å². The van der Waals surface area contributed by atoms with Crippen LogP contribution in [0.4, 0.5) is 5.82 Å². The monoisotopic (exact) mass is 194 g/mol. The predicted molar refractivity (Wildman–Crippen MR) is 53.6 cm³/mol. The SMILES string of the molecule is CC(C)(C)ON(C=O)c1ccccn1. The highest BCUT2D eigenvalue weighted by Crippen LogP contribution is 2.14. The molecule has 0 radical (unpaired) electrons. The van der Waals surface area contributed by atoms with E-state index in [0.29, 0.717) is 12.2 Å². The maximum atomic E-state index is 10.7. The maximum absolute atomic E-state index is 10.7. The van der Waals surface area contributed by atoms with Crippen LogP contribution in [-0.4, -0.2) is 17.0 Å². The van der Waals surface area contributed by atoms with Gasteiger partial charge in [-0.05, 0) is 32.9 Å². The minimum Gasteiger partial charge on any atom is -0.276 e. The standard InChI is InChI=1S/C10H14N2O2/c1-10(2,3)14-12(8-13)9-6-4-5-7-11-9/h4-8H,1-3H3. The molecule has 76 valence electrons. The van der Waals surface area contributed by atoms with Gasteiger partial charge in [-0.1, -0.05) is 6.07 Å². The van der Waals surface area contributed by atoms with Gasteiger partial charge in [0.2, 0.25) is 6.41 Å². The summed E-state index contributed by atoms with van der Waals surface area (Å²) in [6, 6.07) is 5.29. The Morgan fingerprint density at radius 3 is 2.57 bits per heavy atom. The third-order valence-corrected chi connectivity index (χ3v) is 1.34. The molecule has 14 heavy (non-hydrogen) atoms. The average Bonchev–Trinajstić information content (AvgIpc) is 2.14. The molecule has 0 N–H and O–H groups in total. The first-order valence-corrected chi connectivity index (χ1v) is 4.37. The van der Waals surface area contributed by atoms with E-state index in [9.17, 15) is 4.79 Å². The van der Waals surface area contributed by atoms with Crippen molar-refractivity contribution < 1.29 is 9.63 Å². The van der Waals surface area contributed by atoms with Gasteiger partial charge in [-0.25, -0.2) is 4.98 Å². The summed E-state index contributed by atoms with van der Waals surface area (Å²) in [4.78, 5) is 20.1. The number of carbonyl (C=O) groups is 1. The molecule has 0 atom stereocenters. The highest BCUT2D eigenvalue weighted by atomic mass is 16.7. The number of hydrogen-bond acceptors (Lipinski definition) is 3. The van der Waals surface area contributed by atoms with Crippen LogP contribution < -0.4 is 5.06 Å². The van der Waals surface area contributed by atoms with E-state index in [1.165, 1.54) is 0 Å². The Balaban J connectivity index is 2.78. The molecule has 0 fully saturated rings. The van der Waals surface area contributed by atoms with Gasteiger partial charge in [-0.15, -0.1) is 0 Å². The smallest absolute Gasteiger partial charge is 0.239 e. The lowest BCUT2D eigenvalue weighted by molar-refractivity contribution is -0.120. The second kappa shape index (κ2) is 4.19. The molecule has 0 aliphatic heterocycles. The van der Waals surface area contributed by atoms with E-state index < -0.39 is 5.60 Å². The molecular formula is C10H14N2O2. The third kappa shape index (κ3) is 3.14. The van der Waals surface area contributed by atoms with E-state index >= 15 is 0 Å². The highest BCUT2D eigenvalue weighted by Gasteiger charge is 2.17. The van der Waals surface area contributed by atoms with Crippen molar-refractivity contribution in [2.45, 2.75) is 26.4 Å². The van der Waals surface area contributed by atoms with Gasteiger partial charge in [-0.2, -0.15) is 5.06 Å². The molecule has 1 heterocycles. The number of hydrogen-bond donors (Lipinski definition) is 0. The molecular weight excluding hydrogens is 180 g/mol. The van der Waals surface area contributed by atoms with E-state index in [4.69, 9.17) is 4.84 Å². The number of rotatable bonds is 3. The zero-order chi connectivity index (χ0) is 10.6. The molecule has 0 bridgehead atoms. The number of anilines is 1. The Labute approximate surface area is 83.5 Å². The van der Waals surface area contributed by atoms with E-state index in [-0.39, 0.29) is 0 Å². The van der Waals surface area contributed by atoms with Crippen LogP contribution in [0.1, 0.15) is 20.8 Å². The summed E-state index contributed by atoms with van der Waals surface area (Å²) in [6.45, 7) is 5.60. The van der Waals surface area contributed by atoms with Crippen LogP contribution in [0.25, 0.3) is 0 Å². The molecule has 0 spiro atoms. The van der Waals surface area contributed by atoms with Crippen molar-refractivity contribution in [2.75, 3.05) is 5.06 Å². The van der Waals surface area contributed by atoms with Crippen molar-refractivity contribution >= 4 is 12.2 Å². The molecule has 4 heteroatoms. The highest BCUT2D eigenvalue weighted by molar-refractivity contribution is 5.69. The van der Waals surface area contributed by atoms with Crippen LogP contribution in [0.15, 0.2) is 24.4 Å². The summed E-state index contributed by atoms with van der Waals surface area (Å²) < 4.78 is 0. The second-order valence-corrected chi connectivity index (χ2v) is 3.82. The molecule has 0 unspecified atom stereocenters. The minimum absolute atomic E-state index is 0.418. The Bertz CT molecular complexity index is 293. The lowest BCUT2D eigenvalue weighted by atomic mass is 10.2. The van der Waals surface area contributed by atoms with Crippen molar-refractivity contribution in [3.63, 3.8) is 0 Å². The quantitative estimate of drug-likeness (QED) is 0.544. The normalized spacial score (nSPS) is 11.1. The van der Waals surface area contributed by atoms with E-state index in [0.717, 1.165) is 5.06 Å². The van der Waals surface area contributed by atoms with Gasteiger partial charge in [0, 0.05) is 6.20 Å². The average molecular weight is 194 g/mol. The molecule has 4 nitrogen and oxygen atoms in total. The van der Waals surface area contributed by atoms with E-state index in [2.05, 4.69) is 4.98 Å². The number of aromatic nitrogens is 1. The Kier molecular flexibility index (Phi) is 3.19. The molecule has 1 aromatic rings. The van der Waals surface area contributed by atoms with Gasteiger partial charge in [0.1, 0.15) is 0 Å². The summed E-state index contributed by atoms with van der Waals surface area (Å²) in [5.41, 5.74) is -0.418. The van der Waals surface area contributed by atoms with Gasteiger partial charge in [0.15, 0.2) is 5.82 Å². The first-order chi connectivity index (χ1) is 6.53. The zero-order valence-corrected chi connectivity index (χ0v) is 8.60. The van der Waals surface area contributed by atoms with Crippen molar-refractivity contribution in [1.29, 1.82) is 0 Å². The van der Waals surface area contributed by atoms with Crippen LogP contribution in [0.2, 0.25) is 0 Å². The van der Waals surface area contributed by atoms with Crippen LogP contribution in [-0.2, 0) is 9.63 Å². The summed E-state index contributed by atoms with van der Waals surface area (Å²) in [5.74, 6) is 0.484. The second-order valence-electron chi connectivity index (χ2n) is 3.82. The molecule has 0 aromatic carbocycles. The minimum atomic E-state index is -0.418. The first kappa shape index (κ1) is 10.7. The number of hydroxylamine groups is 1. The summed E-state index contributed by atoms with van der Waals surface area (Å²) in [6.07, 6.45) is 2.21. The maximum Gasteiger partial charge on any atom is 0.239 e. The van der Waals surface area contributed by atoms with Crippen LogP contribution in [0, 0.1) is 0 Å². The predicted octanol–water partition coefficient (Wildman–Crippen LogP) is 1.77. The number of amides is 1. The van der Waals surface area contributed by atoms with Gasteiger partial charge < -0.3 is 0 Å². The molecule has 1 amide bonds. The summed E-state index contributed by atoms with van der Waals surface area (Å²) >= 11 is 0. The fourth-order valence-corrected chi connectivity index (χ4v) is 0.901. The van der Waals surface area contributed by atoms with Gasteiger partial charge in [-0.3, -0.25) is 9.63 Å². The third-order valence-electron chi connectivity index (χ3n) is 1.34. The largest absolute Gasteiger partial charge is 0.276 e. The lowest BCUT2D eigenvalue weighted by Gasteiger charge is -2.25. The molecule has 0 aliphatic carbocycles. The lowest BCUT2D eigenvalue weighted by Crippen LogP contribution is -2.33. The Hall–Kier alpha value is -1.42. The van der Waals surface area contributed by atoms with Crippen molar-refractivity contribution in [2.24, 2.45) is 0 Å². The Morgan fingerprint density at radius 2 is 2.14 bits per heavy atom. The van der Waals surface area contributed by atoms with Crippen molar-refractivity contribution in [1.82, 2.24) is 4.98 Å². The zero-order valence-electron chi connectivity index (χ0n) is 8.60. The summed E-state index contributed by atoms with van der Waals surface area (Å²) in [5, 5.41) is 1.12. The van der Waals surface area contributed by atoms with Crippen LogP contribution >= 0.6 is 0 Å². The number of carbonyl (C=O) groups excluding carboxylic acids is 1. The van der Waals surface area contributed by atoms with Crippen LogP contribution in [0.3, 0.4) is 0 Å². The van der Waals surface area contributed by atoms with Crippen LogP contribution in [0.5, 0.6) is 0 Å². The van der Waals surface area contributed by atoms with Crippen molar-refractivity contribution in [3.8, 4) is 0 Å². The molecule has 1 rings (SSSR count). The van der Waals surface area contributed by atoms with E-state index in [1.807, 2.05) is 20.8 Å². The van der Waals surface area contributed by atoms with Gasteiger partial charge in [0.05, 0.1) is 5.60 Å². The van der Waals surface area contributed by atoms with Gasteiger partial charge in [0.25, 0.3) is 0 Å². The molecule has 0 saturated heterocycles. The first-order valence-electron chi connectivity index (χ1n) is 4.37. The summed E-state index contributed by atoms with van der Waals surface area (Å²) in [7, 11) is 0. The number of nitrogens with zero attached hydrogens (tertiary/aromatic N) is 2.